The second-order valence-electron chi connectivity index (χ2n) is 6.06. The zero-order valence-corrected chi connectivity index (χ0v) is 9.55. The van der Waals surface area contributed by atoms with E-state index in [1.807, 2.05) is 0 Å². The first-order chi connectivity index (χ1) is 7.81. The van der Waals surface area contributed by atoms with Gasteiger partial charge in [-0.3, -0.25) is 0 Å². The topological polar surface area (TPSA) is 45.3 Å². The van der Waals surface area contributed by atoms with Crippen molar-refractivity contribution in [3.8, 4) is 0 Å². The van der Waals surface area contributed by atoms with Crippen LogP contribution in [0.25, 0.3) is 0 Å². The Bertz CT molecular complexity index is 265. The molecule has 2 saturated heterocycles. The van der Waals surface area contributed by atoms with Gasteiger partial charge in [-0.1, -0.05) is 0 Å². The van der Waals surface area contributed by atoms with Crippen LogP contribution in [-0.4, -0.2) is 35.6 Å². The molecule has 3 heteroatoms. The minimum Gasteiger partial charge on any atom is -0.393 e. The van der Waals surface area contributed by atoms with Gasteiger partial charge in [0.25, 0.3) is 0 Å². The van der Waals surface area contributed by atoms with Gasteiger partial charge in [-0.2, -0.15) is 0 Å². The number of fused-ring (bicyclic) bond motifs is 2. The lowest BCUT2D eigenvalue weighted by atomic mass is 9.75. The number of aliphatic hydroxyl groups excluding tert-OH is 1. The van der Waals surface area contributed by atoms with Crippen molar-refractivity contribution in [3.05, 3.63) is 0 Å². The van der Waals surface area contributed by atoms with Crippen molar-refractivity contribution in [2.45, 2.75) is 69.0 Å². The smallest absolute Gasteiger partial charge is 0.0845 e. The summed E-state index contributed by atoms with van der Waals surface area (Å²) in [7, 11) is 0. The zero-order chi connectivity index (χ0) is 10.7. The van der Waals surface area contributed by atoms with Gasteiger partial charge in [-0.25, -0.2) is 0 Å². The van der Waals surface area contributed by atoms with Gasteiger partial charge >= 0.3 is 0 Å². The minimum absolute atomic E-state index is 0.102. The van der Waals surface area contributed by atoms with Crippen LogP contribution in [0.5, 0.6) is 0 Å². The van der Waals surface area contributed by atoms with E-state index < -0.39 is 0 Å². The largest absolute Gasteiger partial charge is 0.393 e. The number of epoxide rings is 2. The lowest BCUT2D eigenvalue weighted by molar-refractivity contribution is 0.0241. The Morgan fingerprint density at radius 3 is 1.69 bits per heavy atom. The third-order valence-electron chi connectivity index (χ3n) is 5.06. The van der Waals surface area contributed by atoms with Gasteiger partial charge < -0.3 is 14.6 Å². The van der Waals surface area contributed by atoms with Crippen LogP contribution in [0.15, 0.2) is 0 Å². The number of ether oxygens (including phenoxy) is 2. The van der Waals surface area contributed by atoms with E-state index in [0.29, 0.717) is 36.3 Å². The summed E-state index contributed by atoms with van der Waals surface area (Å²) >= 11 is 0. The summed E-state index contributed by atoms with van der Waals surface area (Å²) in [5.74, 6) is 0.980. The Kier molecular flexibility index (Phi) is 2.12. The maximum absolute atomic E-state index is 10.5. The molecule has 1 N–H and O–H groups in total. The van der Waals surface area contributed by atoms with Crippen molar-refractivity contribution in [3.63, 3.8) is 0 Å². The van der Waals surface area contributed by atoms with Gasteiger partial charge in [-0.15, -0.1) is 0 Å². The normalized spacial score (nSPS) is 56.1. The summed E-state index contributed by atoms with van der Waals surface area (Å²) in [5.41, 5.74) is 0. The molecule has 2 heterocycles. The molecule has 0 radical (unpaired) electrons. The fourth-order valence-corrected chi connectivity index (χ4v) is 3.88. The molecule has 0 aromatic carbocycles. The van der Waals surface area contributed by atoms with E-state index in [4.69, 9.17) is 9.47 Å². The maximum atomic E-state index is 10.5. The molecule has 6 atom stereocenters. The van der Waals surface area contributed by atoms with Gasteiger partial charge in [-0.05, 0) is 50.4 Å². The second kappa shape index (κ2) is 3.44. The molecule has 2 saturated carbocycles. The van der Waals surface area contributed by atoms with E-state index >= 15 is 0 Å². The molecule has 2 aliphatic carbocycles. The summed E-state index contributed by atoms with van der Waals surface area (Å²) < 4.78 is 11.1. The van der Waals surface area contributed by atoms with Crippen LogP contribution >= 0.6 is 0 Å². The van der Waals surface area contributed by atoms with Crippen molar-refractivity contribution in [2.24, 2.45) is 11.8 Å². The van der Waals surface area contributed by atoms with E-state index in [0.717, 1.165) is 25.7 Å². The van der Waals surface area contributed by atoms with Crippen molar-refractivity contribution in [1.29, 1.82) is 0 Å². The van der Waals surface area contributed by atoms with Crippen LogP contribution < -0.4 is 0 Å². The van der Waals surface area contributed by atoms with E-state index in [1.54, 1.807) is 0 Å². The first-order valence-electron chi connectivity index (χ1n) is 6.80. The summed E-state index contributed by atoms with van der Waals surface area (Å²) in [5, 5.41) is 10.5. The molecule has 2 aliphatic heterocycles. The Balaban J connectivity index is 1.38. The summed E-state index contributed by atoms with van der Waals surface area (Å²) in [4.78, 5) is 0. The third kappa shape index (κ3) is 1.60. The highest BCUT2D eigenvalue weighted by Crippen LogP contribution is 2.46. The van der Waals surface area contributed by atoms with Gasteiger partial charge in [0.05, 0.1) is 30.5 Å². The van der Waals surface area contributed by atoms with E-state index in [-0.39, 0.29) is 6.10 Å². The molecule has 0 amide bonds. The monoisotopic (exact) mass is 224 g/mol. The number of aliphatic hydroxyl groups is 1. The maximum Gasteiger partial charge on any atom is 0.0845 e. The van der Waals surface area contributed by atoms with Crippen LogP contribution in [0.3, 0.4) is 0 Å². The number of hydrogen-bond acceptors (Lipinski definition) is 3. The Labute approximate surface area is 96.1 Å². The van der Waals surface area contributed by atoms with Crippen LogP contribution in [0.4, 0.5) is 0 Å². The summed E-state index contributed by atoms with van der Waals surface area (Å²) in [6.07, 6.45) is 8.82. The van der Waals surface area contributed by atoms with Crippen molar-refractivity contribution >= 4 is 0 Å². The lowest BCUT2D eigenvalue weighted by Gasteiger charge is -2.32. The SMILES string of the molecule is OC(C1CCC2OC2C1)C1CCC2OC2C1. The van der Waals surface area contributed by atoms with Crippen molar-refractivity contribution in [2.75, 3.05) is 0 Å². The van der Waals surface area contributed by atoms with Gasteiger partial charge in [0.2, 0.25) is 0 Å². The van der Waals surface area contributed by atoms with Crippen molar-refractivity contribution in [1.82, 2.24) is 0 Å². The van der Waals surface area contributed by atoms with E-state index in [9.17, 15) is 5.11 Å². The highest BCUT2D eigenvalue weighted by atomic mass is 16.6. The highest BCUT2D eigenvalue weighted by Gasteiger charge is 2.49. The van der Waals surface area contributed by atoms with E-state index in [1.165, 1.54) is 12.8 Å². The summed E-state index contributed by atoms with van der Waals surface area (Å²) in [6.45, 7) is 0. The second-order valence-corrected chi connectivity index (χ2v) is 6.06. The van der Waals surface area contributed by atoms with Crippen LogP contribution in [0.1, 0.15) is 38.5 Å². The molecule has 3 nitrogen and oxygen atoms in total. The quantitative estimate of drug-likeness (QED) is 0.723. The van der Waals surface area contributed by atoms with Crippen LogP contribution in [-0.2, 0) is 9.47 Å². The van der Waals surface area contributed by atoms with E-state index in [2.05, 4.69) is 0 Å². The Hall–Kier alpha value is -0.120. The fourth-order valence-electron chi connectivity index (χ4n) is 3.88. The Morgan fingerprint density at radius 1 is 0.750 bits per heavy atom. The predicted molar refractivity (Wildman–Crippen MR) is 58.0 cm³/mol. The molecule has 0 aromatic rings. The summed E-state index contributed by atoms with van der Waals surface area (Å²) in [6, 6.07) is 0. The minimum atomic E-state index is -0.102. The molecule has 4 rings (SSSR count). The molecule has 0 aromatic heterocycles. The van der Waals surface area contributed by atoms with Gasteiger partial charge in [0, 0.05) is 0 Å². The third-order valence-corrected chi connectivity index (χ3v) is 5.06. The Morgan fingerprint density at radius 2 is 1.25 bits per heavy atom. The van der Waals surface area contributed by atoms with Gasteiger partial charge in [0.15, 0.2) is 0 Å². The first-order valence-corrected chi connectivity index (χ1v) is 6.80. The molecule has 6 unspecified atom stereocenters. The standard InChI is InChI=1S/C13H20O3/c14-13(7-1-3-9-11(5-7)15-9)8-2-4-10-12(6-8)16-10/h7-14H,1-6H2. The molecule has 90 valence electrons. The van der Waals surface area contributed by atoms with Gasteiger partial charge in [0.1, 0.15) is 0 Å². The first kappa shape index (κ1) is 9.86. The number of rotatable bonds is 2. The zero-order valence-electron chi connectivity index (χ0n) is 9.55. The fraction of sp³-hybridized carbons (Fsp3) is 1.00. The molecular weight excluding hydrogens is 204 g/mol. The average Bonchev–Trinajstić information content (AvgIpc) is 3.19. The number of hydrogen-bond donors (Lipinski definition) is 1. The van der Waals surface area contributed by atoms with Crippen molar-refractivity contribution < 1.29 is 14.6 Å². The molecule has 4 aliphatic rings. The highest BCUT2D eigenvalue weighted by molar-refractivity contribution is 4.98. The molecule has 0 bridgehead atoms. The average molecular weight is 224 g/mol. The molecule has 4 fully saturated rings. The molecule has 0 spiro atoms. The van der Waals surface area contributed by atoms with Crippen LogP contribution in [0, 0.1) is 11.8 Å². The molecular formula is C13H20O3. The lowest BCUT2D eigenvalue weighted by Crippen LogP contribution is -2.35. The molecule has 16 heavy (non-hydrogen) atoms. The predicted octanol–water partition coefficient (Wildman–Crippen LogP) is 1.48. The van der Waals surface area contributed by atoms with Crippen LogP contribution in [0.2, 0.25) is 0 Å².